The van der Waals surface area contributed by atoms with Gasteiger partial charge in [0.25, 0.3) is 5.91 Å². The van der Waals surface area contributed by atoms with Crippen LogP contribution in [-0.4, -0.2) is 45.8 Å². The summed E-state index contributed by atoms with van der Waals surface area (Å²) < 4.78 is 11.6. The van der Waals surface area contributed by atoms with Gasteiger partial charge in [-0.05, 0) is 64.3 Å². The molecule has 2 amide bonds. The van der Waals surface area contributed by atoms with Gasteiger partial charge in [0.15, 0.2) is 0 Å². The first-order valence-corrected chi connectivity index (χ1v) is 12.8. The zero-order chi connectivity index (χ0) is 27.1. The normalized spacial score (nSPS) is 13.0. The summed E-state index contributed by atoms with van der Waals surface area (Å²) in [5.41, 5.74) is 0.505. The molecule has 0 saturated heterocycles. The maximum atomic E-state index is 13.1. The molecule has 0 aliphatic heterocycles. The number of amides is 2. The van der Waals surface area contributed by atoms with Gasteiger partial charge in [-0.3, -0.25) is 4.79 Å². The van der Waals surface area contributed by atoms with Crippen LogP contribution in [0.1, 0.15) is 76.2 Å². The van der Waals surface area contributed by atoms with Crippen molar-refractivity contribution in [2.24, 2.45) is 0 Å². The second-order valence-electron chi connectivity index (χ2n) is 10.4. The first-order chi connectivity index (χ1) is 17.5. The number of nitrogens with zero attached hydrogens (tertiary/aromatic N) is 3. The molecule has 1 N–H and O–H groups in total. The molecule has 1 heterocycles. The van der Waals surface area contributed by atoms with E-state index in [1.165, 1.54) is 0 Å². The zero-order valence-corrected chi connectivity index (χ0v) is 22.7. The highest BCUT2D eigenvalue weighted by atomic mass is 16.6. The van der Waals surface area contributed by atoms with Gasteiger partial charge in [0.2, 0.25) is 11.8 Å². The number of hydrogen-bond acceptors (Lipinski definition) is 6. The molecule has 0 saturated carbocycles. The Morgan fingerprint density at radius 3 is 2.24 bits per heavy atom. The number of nitrogens with one attached hydrogen (secondary N) is 1. The molecule has 1 aromatic heterocycles. The van der Waals surface area contributed by atoms with E-state index in [2.05, 4.69) is 29.4 Å². The van der Waals surface area contributed by atoms with Crippen molar-refractivity contribution in [3.63, 3.8) is 0 Å². The Bertz CT molecular complexity index is 1180. The number of carbonyl (C=O) groups is 2. The van der Waals surface area contributed by atoms with Crippen LogP contribution in [0.25, 0.3) is 11.5 Å². The van der Waals surface area contributed by atoms with E-state index in [1.807, 2.05) is 75.1 Å². The SMILES string of the molecule is CCCN(CCC)C(=O)c1cccc(-c2nnc([C@@](C)(Cc3ccccc3)NC(=O)OC(C)(C)C)o2)c1. The van der Waals surface area contributed by atoms with Crippen molar-refractivity contribution < 1.29 is 18.7 Å². The maximum absolute atomic E-state index is 13.1. The summed E-state index contributed by atoms with van der Waals surface area (Å²) >= 11 is 0. The minimum Gasteiger partial charge on any atom is -0.444 e. The fourth-order valence-corrected chi connectivity index (χ4v) is 4.09. The number of hydrogen-bond donors (Lipinski definition) is 1. The van der Waals surface area contributed by atoms with Crippen molar-refractivity contribution in [3.8, 4) is 11.5 Å². The summed E-state index contributed by atoms with van der Waals surface area (Å²) in [4.78, 5) is 27.7. The molecule has 0 bridgehead atoms. The Morgan fingerprint density at radius 1 is 0.946 bits per heavy atom. The van der Waals surface area contributed by atoms with E-state index in [4.69, 9.17) is 9.15 Å². The van der Waals surface area contributed by atoms with Crippen LogP contribution in [0.3, 0.4) is 0 Å². The van der Waals surface area contributed by atoms with Crippen LogP contribution in [0.4, 0.5) is 4.79 Å². The highest BCUT2D eigenvalue weighted by Crippen LogP contribution is 2.29. The summed E-state index contributed by atoms with van der Waals surface area (Å²) in [5.74, 6) is 0.491. The average molecular weight is 507 g/mol. The number of aromatic nitrogens is 2. The van der Waals surface area contributed by atoms with E-state index >= 15 is 0 Å². The van der Waals surface area contributed by atoms with Gasteiger partial charge in [-0.1, -0.05) is 50.2 Å². The van der Waals surface area contributed by atoms with E-state index in [9.17, 15) is 9.59 Å². The highest BCUT2D eigenvalue weighted by Gasteiger charge is 2.36. The fourth-order valence-electron chi connectivity index (χ4n) is 4.09. The molecule has 0 spiro atoms. The Kier molecular flexibility index (Phi) is 9.08. The van der Waals surface area contributed by atoms with Gasteiger partial charge in [-0.2, -0.15) is 0 Å². The molecule has 0 aliphatic carbocycles. The lowest BCUT2D eigenvalue weighted by molar-refractivity contribution is 0.0443. The zero-order valence-electron chi connectivity index (χ0n) is 22.7. The largest absolute Gasteiger partial charge is 0.444 e. The van der Waals surface area contributed by atoms with Gasteiger partial charge in [0.05, 0.1) is 0 Å². The fraction of sp³-hybridized carbons (Fsp3) is 0.448. The Balaban J connectivity index is 1.92. The maximum Gasteiger partial charge on any atom is 0.408 e. The van der Waals surface area contributed by atoms with E-state index < -0.39 is 17.2 Å². The third-order valence-electron chi connectivity index (χ3n) is 5.71. The van der Waals surface area contributed by atoms with E-state index in [0.717, 1.165) is 18.4 Å². The molecule has 0 radical (unpaired) electrons. The molecule has 2 aromatic carbocycles. The molecule has 3 rings (SSSR count). The van der Waals surface area contributed by atoms with Gasteiger partial charge in [0.1, 0.15) is 11.1 Å². The van der Waals surface area contributed by atoms with Crippen LogP contribution in [0, 0.1) is 0 Å². The van der Waals surface area contributed by atoms with Crippen LogP contribution in [0.2, 0.25) is 0 Å². The lowest BCUT2D eigenvalue weighted by Crippen LogP contribution is -2.47. The average Bonchev–Trinajstić information content (AvgIpc) is 3.34. The summed E-state index contributed by atoms with van der Waals surface area (Å²) in [6.45, 7) is 12.8. The van der Waals surface area contributed by atoms with Gasteiger partial charge in [0, 0.05) is 30.6 Å². The number of carbonyl (C=O) groups excluding carboxylic acids is 2. The second-order valence-corrected chi connectivity index (χ2v) is 10.4. The number of ether oxygens (including phenoxy) is 1. The van der Waals surface area contributed by atoms with Crippen molar-refractivity contribution in [1.29, 1.82) is 0 Å². The van der Waals surface area contributed by atoms with Crippen molar-refractivity contribution in [1.82, 2.24) is 20.4 Å². The predicted octanol–water partition coefficient (Wildman–Crippen LogP) is 5.98. The van der Waals surface area contributed by atoms with Crippen LogP contribution < -0.4 is 5.32 Å². The lowest BCUT2D eigenvalue weighted by atomic mass is 9.92. The van der Waals surface area contributed by atoms with E-state index in [1.54, 1.807) is 12.1 Å². The van der Waals surface area contributed by atoms with Crippen LogP contribution in [-0.2, 0) is 16.7 Å². The van der Waals surface area contributed by atoms with Crippen molar-refractivity contribution in [2.45, 2.75) is 71.9 Å². The molecular formula is C29H38N4O4. The third-order valence-corrected chi connectivity index (χ3v) is 5.71. The summed E-state index contributed by atoms with van der Waals surface area (Å²) in [7, 11) is 0. The standard InChI is InChI=1S/C29H38N4O4/c1-7-17-33(18-8-2)25(34)23-16-12-15-22(19-23)24-31-32-26(36-24)29(6,20-21-13-10-9-11-14-21)30-27(35)37-28(3,4)5/h9-16,19H,7-8,17-18,20H2,1-6H3,(H,30,35)/t29-/m1/s1. The van der Waals surface area contributed by atoms with Crippen molar-refractivity contribution in [3.05, 3.63) is 71.6 Å². The quantitative estimate of drug-likeness (QED) is 0.363. The van der Waals surface area contributed by atoms with Gasteiger partial charge in [-0.15, -0.1) is 10.2 Å². The summed E-state index contributed by atoms with van der Waals surface area (Å²) in [6, 6.07) is 17.0. The summed E-state index contributed by atoms with van der Waals surface area (Å²) in [6.07, 6.45) is 1.62. The molecule has 198 valence electrons. The lowest BCUT2D eigenvalue weighted by Gasteiger charge is -2.29. The van der Waals surface area contributed by atoms with E-state index in [0.29, 0.717) is 30.6 Å². The molecule has 8 nitrogen and oxygen atoms in total. The minimum atomic E-state index is -1.03. The number of benzene rings is 2. The molecule has 8 heteroatoms. The molecular weight excluding hydrogens is 468 g/mol. The Labute approximate surface area is 219 Å². The predicted molar refractivity (Wildman–Crippen MR) is 143 cm³/mol. The minimum absolute atomic E-state index is 0.0224. The smallest absolute Gasteiger partial charge is 0.408 e. The molecule has 0 fully saturated rings. The van der Waals surface area contributed by atoms with Gasteiger partial charge in [-0.25, -0.2) is 4.79 Å². The first kappa shape index (κ1) is 27.9. The van der Waals surface area contributed by atoms with Crippen LogP contribution in [0.5, 0.6) is 0 Å². The third kappa shape index (κ3) is 7.65. The van der Waals surface area contributed by atoms with Crippen molar-refractivity contribution in [2.75, 3.05) is 13.1 Å². The highest BCUT2D eigenvalue weighted by molar-refractivity contribution is 5.95. The molecule has 1 atom stereocenters. The Morgan fingerprint density at radius 2 is 1.62 bits per heavy atom. The monoisotopic (exact) mass is 506 g/mol. The molecule has 3 aromatic rings. The van der Waals surface area contributed by atoms with Crippen LogP contribution in [0.15, 0.2) is 59.0 Å². The van der Waals surface area contributed by atoms with Gasteiger partial charge >= 0.3 is 6.09 Å². The molecule has 37 heavy (non-hydrogen) atoms. The number of rotatable bonds is 10. The van der Waals surface area contributed by atoms with E-state index in [-0.39, 0.29) is 17.7 Å². The molecule has 0 aliphatic rings. The molecule has 0 unspecified atom stereocenters. The Hall–Kier alpha value is -3.68. The summed E-state index contributed by atoms with van der Waals surface area (Å²) in [5, 5.41) is 11.5. The number of alkyl carbamates (subject to hydrolysis) is 1. The second kappa shape index (κ2) is 12.0. The van der Waals surface area contributed by atoms with Crippen LogP contribution >= 0.6 is 0 Å². The first-order valence-electron chi connectivity index (χ1n) is 12.8. The van der Waals surface area contributed by atoms with Gasteiger partial charge < -0.3 is 19.4 Å². The topological polar surface area (TPSA) is 97.6 Å². The van der Waals surface area contributed by atoms with Crippen molar-refractivity contribution >= 4 is 12.0 Å².